The summed E-state index contributed by atoms with van der Waals surface area (Å²) in [7, 11) is 2.84. The first-order valence-electron chi connectivity index (χ1n) is 6.28. The van der Waals surface area contributed by atoms with Crippen molar-refractivity contribution >= 4 is 30.2 Å². The number of ether oxygens (including phenoxy) is 2. The molecule has 1 aliphatic heterocycles. The van der Waals surface area contributed by atoms with Crippen LogP contribution in [-0.2, 0) is 9.53 Å². The highest BCUT2D eigenvalue weighted by molar-refractivity contribution is 7.80. The molecule has 20 heavy (non-hydrogen) atoms. The fourth-order valence-electron chi connectivity index (χ4n) is 2.29. The molecule has 1 aromatic rings. The summed E-state index contributed by atoms with van der Waals surface area (Å²) in [6.07, 6.45) is 0.455. The monoisotopic (exact) mass is 295 g/mol. The number of nitrogens with zero attached hydrogens (tertiary/aromatic N) is 1. The molecule has 1 aromatic carbocycles. The van der Waals surface area contributed by atoms with Gasteiger partial charge in [-0.3, -0.25) is 4.79 Å². The highest BCUT2D eigenvalue weighted by Crippen LogP contribution is 2.31. The van der Waals surface area contributed by atoms with Gasteiger partial charge in [0.1, 0.15) is 5.75 Å². The molecule has 1 atom stereocenters. The molecule has 0 aliphatic carbocycles. The molecule has 1 unspecified atom stereocenters. The second-order valence-electron chi connectivity index (χ2n) is 4.63. The Bertz CT molecular complexity index is 532. The molecule has 1 amide bonds. The first-order chi connectivity index (χ1) is 9.60. The highest BCUT2D eigenvalue weighted by Gasteiger charge is 2.32. The standard InChI is InChI=1S/C14H17NO4S/c1-18-10-3-4-12(11(6-10)14(17)19-2)15-7-9(8-20)5-13(15)16/h3-4,6,9,20H,5,7-8H2,1-2H3. The maximum absolute atomic E-state index is 12.1. The van der Waals surface area contributed by atoms with Gasteiger partial charge in [-0.15, -0.1) is 0 Å². The van der Waals surface area contributed by atoms with Crippen molar-refractivity contribution in [1.82, 2.24) is 0 Å². The Balaban J connectivity index is 2.40. The van der Waals surface area contributed by atoms with E-state index in [9.17, 15) is 9.59 Å². The van der Waals surface area contributed by atoms with Crippen molar-refractivity contribution in [3.8, 4) is 5.75 Å². The number of anilines is 1. The topological polar surface area (TPSA) is 55.8 Å². The number of amides is 1. The fourth-order valence-corrected chi connectivity index (χ4v) is 2.53. The number of benzene rings is 1. The molecule has 2 rings (SSSR count). The van der Waals surface area contributed by atoms with Gasteiger partial charge in [0.15, 0.2) is 0 Å². The molecule has 0 saturated carbocycles. The lowest BCUT2D eigenvalue weighted by Gasteiger charge is -2.20. The van der Waals surface area contributed by atoms with Crippen LogP contribution in [0.5, 0.6) is 5.75 Å². The lowest BCUT2D eigenvalue weighted by molar-refractivity contribution is -0.117. The molecule has 1 aliphatic rings. The predicted molar refractivity (Wildman–Crippen MR) is 78.6 cm³/mol. The van der Waals surface area contributed by atoms with Gasteiger partial charge in [-0.2, -0.15) is 12.6 Å². The Kier molecular flexibility index (Phi) is 4.54. The minimum atomic E-state index is -0.485. The van der Waals surface area contributed by atoms with Crippen LogP contribution in [0.4, 0.5) is 5.69 Å². The Labute approximate surface area is 123 Å². The van der Waals surface area contributed by atoms with E-state index < -0.39 is 5.97 Å². The maximum Gasteiger partial charge on any atom is 0.340 e. The minimum absolute atomic E-state index is 0.000583. The van der Waals surface area contributed by atoms with Gasteiger partial charge in [-0.25, -0.2) is 4.79 Å². The Hall–Kier alpha value is -1.69. The van der Waals surface area contributed by atoms with Crippen LogP contribution in [0.2, 0.25) is 0 Å². The first kappa shape index (κ1) is 14.7. The van der Waals surface area contributed by atoms with Crippen LogP contribution < -0.4 is 9.64 Å². The average Bonchev–Trinajstić information content (AvgIpc) is 2.86. The maximum atomic E-state index is 12.1. The van der Waals surface area contributed by atoms with E-state index >= 15 is 0 Å². The molecule has 1 fully saturated rings. The third-order valence-corrected chi connectivity index (χ3v) is 3.88. The summed E-state index contributed by atoms with van der Waals surface area (Å²) < 4.78 is 9.89. The van der Waals surface area contributed by atoms with Gasteiger partial charge < -0.3 is 14.4 Å². The Morgan fingerprint density at radius 3 is 2.75 bits per heavy atom. The second kappa shape index (κ2) is 6.17. The quantitative estimate of drug-likeness (QED) is 0.679. The molecule has 1 saturated heterocycles. The smallest absolute Gasteiger partial charge is 0.340 e. The Morgan fingerprint density at radius 2 is 2.20 bits per heavy atom. The molecule has 5 nitrogen and oxygen atoms in total. The van der Waals surface area contributed by atoms with Crippen LogP contribution in [0.1, 0.15) is 16.8 Å². The highest BCUT2D eigenvalue weighted by atomic mass is 32.1. The predicted octanol–water partition coefficient (Wildman–Crippen LogP) is 1.76. The van der Waals surface area contributed by atoms with Crippen LogP contribution in [0, 0.1) is 5.92 Å². The van der Waals surface area contributed by atoms with Crippen molar-refractivity contribution in [3.05, 3.63) is 23.8 Å². The third-order valence-electron chi connectivity index (χ3n) is 3.36. The van der Waals surface area contributed by atoms with Gasteiger partial charge in [-0.05, 0) is 29.9 Å². The molecule has 0 radical (unpaired) electrons. The van der Waals surface area contributed by atoms with E-state index in [-0.39, 0.29) is 11.8 Å². The molecule has 0 N–H and O–H groups in total. The molecule has 6 heteroatoms. The summed E-state index contributed by atoms with van der Waals surface area (Å²) in [5, 5.41) is 0. The minimum Gasteiger partial charge on any atom is -0.497 e. The normalized spacial score (nSPS) is 18.2. The van der Waals surface area contributed by atoms with E-state index in [4.69, 9.17) is 9.47 Å². The summed E-state index contributed by atoms with van der Waals surface area (Å²) in [6, 6.07) is 5.02. The van der Waals surface area contributed by atoms with Crippen molar-refractivity contribution in [2.75, 3.05) is 31.4 Å². The Morgan fingerprint density at radius 1 is 1.45 bits per heavy atom. The van der Waals surface area contributed by atoms with Crippen molar-refractivity contribution in [3.63, 3.8) is 0 Å². The van der Waals surface area contributed by atoms with Crippen molar-refractivity contribution in [1.29, 1.82) is 0 Å². The van der Waals surface area contributed by atoms with Gasteiger partial charge in [0.2, 0.25) is 5.91 Å². The number of esters is 1. The van der Waals surface area contributed by atoms with Crippen LogP contribution in [0.25, 0.3) is 0 Å². The lowest BCUT2D eigenvalue weighted by Crippen LogP contribution is -2.27. The summed E-state index contributed by atoms with van der Waals surface area (Å²) in [6.45, 7) is 0.568. The van der Waals surface area contributed by atoms with E-state index in [0.29, 0.717) is 35.7 Å². The van der Waals surface area contributed by atoms with Crippen molar-refractivity contribution in [2.45, 2.75) is 6.42 Å². The van der Waals surface area contributed by atoms with E-state index in [2.05, 4.69) is 12.6 Å². The van der Waals surface area contributed by atoms with Crippen molar-refractivity contribution < 1.29 is 19.1 Å². The van der Waals surface area contributed by atoms with Gasteiger partial charge in [0.25, 0.3) is 0 Å². The van der Waals surface area contributed by atoms with E-state index in [1.807, 2.05) is 0 Å². The van der Waals surface area contributed by atoms with Crippen molar-refractivity contribution in [2.24, 2.45) is 5.92 Å². The second-order valence-corrected chi connectivity index (χ2v) is 5.00. The van der Waals surface area contributed by atoms with Gasteiger partial charge >= 0.3 is 5.97 Å². The molecular formula is C14H17NO4S. The summed E-state index contributed by atoms with van der Waals surface area (Å²) in [5.41, 5.74) is 0.895. The summed E-state index contributed by atoms with van der Waals surface area (Å²) in [5.74, 6) is 0.914. The number of hydrogen-bond donors (Lipinski definition) is 1. The molecule has 0 bridgehead atoms. The number of methoxy groups -OCH3 is 2. The molecular weight excluding hydrogens is 278 g/mol. The number of thiol groups is 1. The SMILES string of the molecule is COC(=O)c1cc(OC)ccc1N1CC(CS)CC1=O. The van der Waals surface area contributed by atoms with E-state index in [1.54, 1.807) is 23.1 Å². The molecule has 0 aromatic heterocycles. The van der Waals surface area contributed by atoms with Crippen LogP contribution >= 0.6 is 12.6 Å². The molecule has 0 spiro atoms. The lowest BCUT2D eigenvalue weighted by atomic mass is 10.1. The van der Waals surface area contributed by atoms with Gasteiger partial charge in [0.05, 0.1) is 25.5 Å². The number of hydrogen-bond acceptors (Lipinski definition) is 5. The summed E-state index contributed by atoms with van der Waals surface area (Å²) in [4.78, 5) is 25.6. The zero-order chi connectivity index (χ0) is 14.7. The number of carbonyl (C=O) groups excluding carboxylic acids is 2. The van der Waals surface area contributed by atoms with E-state index in [1.165, 1.54) is 14.2 Å². The van der Waals surface area contributed by atoms with Crippen LogP contribution in [0.15, 0.2) is 18.2 Å². The van der Waals surface area contributed by atoms with Crippen LogP contribution in [0.3, 0.4) is 0 Å². The van der Waals surface area contributed by atoms with Crippen LogP contribution in [-0.4, -0.2) is 38.4 Å². The zero-order valence-electron chi connectivity index (χ0n) is 11.5. The zero-order valence-corrected chi connectivity index (χ0v) is 12.4. The van der Waals surface area contributed by atoms with E-state index in [0.717, 1.165) is 0 Å². The summed E-state index contributed by atoms with van der Waals surface area (Å²) >= 11 is 4.24. The number of carbonyl (C=O) groups is 2. The molecule has 108 valence electrons. The first-order valence-corrected chi connectivity index (χ1v) is 6.91. The third kappa shape index (κ3) is 2.75. The largest absolute Gasteiger partial charge is 0.497 e. The number of rotatable bonds is 4. The van der Waals surface area contributed by atoms with Gasteiger partial charge in [-0.1, -0.05) is 0 Å². The molecule has 1 heterocycles. The fraction of sp³-hybridized carbons (Fsp3) is 0.429. The average molecular weight is 295 g/mol. The van der Waals surface area contributed by atoms with Gasteiger partial charge in [0, 0.05) is 13.0 Å².